The van der Waals surface area contributed by atoms with Gasteiger partial charge < -0.3 is 20.3 Å². The van der Waals surface area contributed by atoms with Crippen molar-refractivity contribution < 1.29 is 19.4 Å². The molecule has 5 rings (SSSR count). The molecule has 0 spiro atoms. The molecule has 44 heavy (non-hydrogen) atoms. The van der Waals surface area contributed by atoms with Crippen LogP contribution in [0.3, 0.4) is 0 Å². The van der Waals surface area contributed by atoms with Gasteiger partial charge in [0.2, 0.25) is 0 Å². The van der Waals surface area contributed by atoms with Gasteiger partial charge in [-0.2, -0.15) is 0 Å². The van der Waals surface area contributed by atoms with E-state index in [9.17, 15) is 9.90 Å². The summed E-state index contributed by atoms with van der Waals surface area (Å²) in [5.41, 5.74) is 12.5. The molecule has 0 saturated heterocycles. The first-order valence-corrected chi connectivity index (χ1v) is 16.1. The molecule has 0 aliphatic carbocycles. The number of carboxylic acids is 1. The molecular formula is C34H43N5O4S. The summed E-state index contributed by atoms with van der Waals surface area (Å²) < 4.78 is 16.1. The first-order valence-electron chi connectivity index (χ1n) is 15.4. The Labute approximate surface area is 263 Å². The number of hydrogen-bond donors (Lipinski definition) is 2. The molecule has 10 heteroatoms. The molecule has 0 amide bonds. The van der Waals surface area contributed by atoms with Gasteiger partial charge >= 0.3 is 5.97 Å². The van der Waals surface area contributed by atoms with Gasteiger partial charge in [-0.25, -0.2) is 8.99 Å². The van der Waals surface area contributed by atoms with Crippen molar-refractivity contribution in [3.63, 3.8) is 0 Å². The molecule has 1 aromatic heterocycles. The number of fused-ring (bicyclic) bond motifs is 2. The van der Waals surface area contributed by atoms with Crippen LogP contribution in [-0.2, 0) is 24.8 Å². The number of nitrogens with two attached hydrogens (primary N) is 1. The summed E-state index contributed by atoms with van der Waals surface area (Å²) >= 11 is 1.72. The van der Waals surface area contributed by atoms with E-state index in [2.05, 4.69) is 58.8 Å². The number of carboxylic acid groups (broad SMARTS) is 1. The Balaban J connectivity index is 1.38. The number of nitrogens with zero attached hydrogens (tertiary/aromatic N) is 4. The molecule has 234 valence electrons. The maximum atomic E-state index is 12.1. The first-order chi connectivity index (χ1) is 21.2. The molecule has 0 bridgehead atoms. The monoisotopic (exact) mass is 617 g/mol. The standard InChI is InChI=1S/C34H43N5O4S/c1-22-10-12-25(28(19-33(40)41)26-17-29-34(31(18-26)42-4)38(3)37-36-29)16-27(22)21-39-20-23(2)43-30-15-24(11-13-32(30)44-39)9-7-5-6-8-14-35/h10-13,15-18,23,28H,5-9,14,19-21,35H2,1-4H3,(H,40,41)/t23-,28?/m1/s1. The van der Waals surface area contributed by atoms with E-state index in [1.807, 2.05) is 25.2 Å². The molecule has 1 aliphatic rings. The molecule has 0 saturated carbocycles. The van der Waals surface area contributed by atoms with Gasteiger partial charge in [-0.1, -0.05) is 42.3 Å². The van der Waals surface area contributed by atoms with Crippen molar-refractivity contribution >= 4 is 29.0 Å². The molecule has 3 aromatic carbocycles. The van der Waals surface area contributed by atoms with Crippen LogP contribution in [0.15, 0.2) is 53.4 Å². The molecule has 9 nitrogen and oxygen atoms in total. The van der Waals surface area contributed by atoms with E-state index in [-0.39, 0.29) is 18.4 Å². The van der Waals surface area contributed by atoms with Gasteiger partial charge in [0.05, 0.1) is 18.4 Å². The van der Waals surface area contributed by atoms with Crippen LogP contribution in [-0.4, -0.2) is 56.7 Å². The van der Waals surface area contributed by atoms with E-state index >= 15 is 0 Å². The third-order valence-electron chi connectivity index (χ3n) is 8.25. The third-order valence-corrected chi connectivity index (χ3v) is 9.33. The Kier molecular flexibility index (Phi) is 10.5. The van der Waals surface area contributed by atoms with Gasteiger partial charge in [-0.05, 0) is 104 Å². The molecule has 2 heterocycles. The summed E-state index contributed by atoms with van der Waals surface area (Å²) in [6, 6.07) is 16.7. The zero-order valence-electron chi connectivity index (χ0n) is 26.1. The lowest BCUT2D eigenvalue weighted by Crippen LogP contribution is -2.27. The summed E-state index contributed by atoms with van der Waals surface area (Å²) in [5.74, 6) is 0.331. The van der Waals surface area contributed by atoms with E-state index in [4.69, 9.17) is 15.2 Å². The second-order valence-corrected chi connectivity index (χ2v) is 12.9. The number of benzene rings is 3. The van der Waals surface area contributed by atoms with Gasteiger partial charge in [0.1, 0.15) is 28.6 Å². The molecular weight excluding hydrogens is 574 g/mol. The second-order valence-electron chi connectivity index (χ2n) is 11.7. The highest BCUT2D eigenvalue weighted by Crippen LogP contribution is 2.39. The predicted octanol–water partition coefficient (Wildman–Crippen LogP) is 6.24. The van der Waals surface area contributed by atoms with E-state index in [0.717, 1.165) is 70.8 Å². The molecule has 2 atom stereocenters. The second kappa shape index (κ2) is 14.5. The quantitative estimate of drug-likeness (QED) is 0.133. The maximum Gasteiger partial charge on any atom is 0.304 e. The van der Waals surface area contributed by atoms with E-state index in [1.165, 1.54) is 18.4 Å². The minimum absolute atomic E-state index is 0.0259. The highest BCUT2D eigenvalue weighted by Gasteiger charge is 2.25. The number of methoxy groups -OCH3 is 1. The molecule has 4 aromatic rings. The highest BCUT2D eigenvalue weighted by atomic mass is 32.2. The van der Waals surface area contributed by atoms with Gasteiger partial charge in [0.15, 0.2) is 0 Å². The number of unbranched alkanes of at least 4 members (excludes halogenated alkanes) is 3. The van der Waals surface area contributed by atoms with Crippen LogP contribution in [0.1, 0.15) is 72.8 Å². The Hall–Kier alpha value is -3.60. The first kappa shape index (κ1) is 31.8. The average molecular weight is 618 g/mol. The highest BCUT2D eigenvalue weighted by molar-refractivity contribution is 7.97. The SMILES string of the molecule is COc1cc(C(CC(=O)O)c2ccc(C)c(CN3C[C@@H](C)Oc4cc(CCCCCCN)ccc4S3)c2)cc2nnn(C)c12. The number of ether oxygens (including phenoxy) is 2. The lowest BCUT2D eigenvalue weighted by molar-refractivity contribution is -0.137. The summed E-state index contributed by atoms with van der Waals surface area (Å²) in [4.78, 5) is 13.2. The molecule has 1 aliphatic heterocycles. The van der Waals surface area contributed by atoms with Crippen LogP contribution >= 0.6 is 11.9 Å². The van der Waals surface area contributed by atoms with Crippen LogP contribution in [0, 0.1) is 6.92 Å². The van der Waals surface area contributed by atoms with Gasteiger partial charge in [0.25, 0.3) is 0 Å². The zero-order chi connectivity index (χ0) is 31.2. The number of hydrogen-bond acceptors (Lipinski definition) is 8. The third kappa shape index (κ3) is 7.54. The van der Waals surface area contributed by atoms with Crippen LogP contribution in [0.4, 0.5) is 0 Å². The Morgan fingerprint density at radius 2 is 1.95 bits per heavy atom. The lowest BCUT2D eigenvalue weighted by atomic mass is 9.86. The Morgan fingerprint density at radius 1 is 1.14 bits per heavy atom. The van der Waals surface area contributed by atoms with E-state index in [1.54, 1.807) is 23.7 Å². The van der Waals surface area contributed by atoms with Crippen molar-refractivity contribution in [1.29, 1.82) is 0 Å². The van der Waals surface area contributed by atoms with Crippen molar-refractivity contribution in [1.82, 2.24) is 19.3 Å². The topological polar surface area (TPSA) is 116 Å². The van der Waals surface area contributed by atoms with Crippen molar-refractivity contribution in [2.24, 2.45) is 12.8 Å². The summed E-state index contributed by atoms with van der Waals surface area (Å²) in [5, 5.41) is 18.3. The smallest absolute Gasteiger partial charge is 0.304 e. The van der Waals surface area contributed by atoms with Gasteiger partial charge in [-0.15, -0.1) is 5.10 Å². The Morgan fingerprint density at radius 3 is 2.73 bits per heavy atom. The minimum Gasteiger partial charge on any atom is -0.494 e. The maximum absolute atomic E-state index is 12.1. The fourth-order valence-corrected chi connectivity index (χ4v) is 7.01. The average Bonchev–Trinajstić information content (AvgIpc) is 3.29. The lowest BCUT2D eigenvalue weighted by Gasteiger charge is -2.23. The van der Waals surface area contributed by atoms with E-state index in [0.29, 0.717) is 17.8 Å². The molecule has 0 radical (unpaired) electrons. The van der Waals surface area contributed by atoms with Crippen LogP contribution in [0.25, 0.3) is 11.0 Å². The van der Waals surface area contributed by atoms with E-state index < -0.39 is 5.97 Å². The van der Waals surface area contributed by atoms with Crippen molar-refractivity contribution in [3.05, 3.63) is 76.3 Å². The number of aliphatic carboxylic acids is 1. The predicted molar refractivity (Wildman–Crippen MR) is 174 cm³/mol. The van der Waals surface area contributed by atoms with Gasteiger partial charge in [0, 0.05) is 26.1 Å². The fourth-order valence-electron chi connectivity index (χ4n) is 5.92. The molecule has 3 N–H and O–H groups in total. The molecule has 0 fully saturated rings. The normalized spacial score (nSPS) is 15.9. The van der Waals surface area contributed by atoms with Crippen molar-refractivity contribution in [3.8, 4) is 11.5 Å². The summed E-state index contributed by atoms with van der Waals surface area (Å²) in [6.45, 7) is 6.45. The number of aryl methyl sites for hydroxylation is 3. The number of carbonyl (C=O) groups is 1. The van der Waals surface area contributed by atoms with Crippen LogP contribution in [0.2, 0.25) is 0 Å². The molecule has 1 unspecified atom stereocenters. The zero-order valence-corrected chi connectivity index (χ0v) is 26.9. The Bertz CT molecular complexity index is 1610. The van der Waals surface area contributed by atoms with Crippen LogP contribution < -0.4 is 15.2 Å². The largest absolute Gasteiger partial charge is 0.494 e. The summed E-state index contributed by atoms with van der Waals surface area (Å²) in [6.07, 6.45) is 5.65. The van der Waals surface area contributed by atoms with Crippen molar-refractivity contribution in [2.45, 2.75) is 75.8 Å². The van der Waals surface area contributed by atoms with Crippen LogP contribution in [0.5, 0.6) is 11.5 Å². The van der Waals surface area contributed by atoms with Crippen molar-refractivity contribution in [2.75, 3.05) is 20.2 Å². The fraction of sp³-hybridized carbons (Fsp3) is 0.441. The minimum atomic E-state index is -0.865. The number of aromatic nitrogens is 3. The number of rotatable bonds is 13. The van der Waals surface area contributed by atoms with Gasteiger partial charge in [-0.3, -0.25) is 4.79 Å². The summed E-state index contributed by atoms with van der Waals surface area (Å²) in [7, 11) is 3.42.